The Morgan fingerprint density at radius 3 is 2.33 bits per heavy atom. The Morgan fingerprint density at radius 2 is 1.67 bits per heavy atom. The molecule has 1 fully saturated rings. The molecule has 2 aromatic carbocycles. The first-order chi connectivity index (χ1) is 13.2. The Bertz CT molecular complexity index is 694. The van der Waals surface area contributed by atoms with E-state index in [9.17, 15) is 4.79 Å². The van der Waals surface area contributed by atoms with Gasteiger partial charge in [0.1, 0.15) is 5.75 Å². The fourth-order valence-electron chi connectivity index (χ4n) is 3.43. The molecule has 1 aliphatic rings. The minimum absolute atomic E-state index is 0.0706. The van der Waals surface area contributed by atoms with Crippen LogP contribution in [0.1, 0.15) is 43.7 Å². The van der Waals surface area contributed by atoms with Crippen LogP contribution in [-0.4, -0.2) is 30.0 Å². The van der Waals surface area contributed by atoms with E-state index < -0.39 is 6.10 Å². The second kappa shape index (κ2) is 10.1. The Hall–Kier alpha value is -2.33. The van der Waals surface area contributed by atoms with Crippen molar-refractivity contribution in [2.24, 2.45) is 0 Å². The van der Waals surface area contributed by atoms with E-state index in [1.54, 1.807) is 0 Å². The normalized spacial score (nSPS) is 15.9. The summed E-state index contributed by atoms with van der Waals surface area (Å²) in [5.74, 6) is 0.653. The number of ether oxygens (including phenoxy) is 1. The molecule has 0 aliphatic carbocycles. The first kappa shape index (κ1) is 19.4. The molecule has 0 spiro atoms. The van der Waals surface area contributed by atoms with Crippen molar-refractivity contribution in [3.63, 3.8) is 0 Å². The zero-order valence-corrected chi connectivity index (χ0v) is 16.2. The molecular formula is C23H30N2O2. The summed E-state index contributed by atoms with van der Waals surface area (Å²) in [6.45, 7) is 5.92. The van der Waals surface area contributed by atoms with Crippen molar-refractivity contribution in [2.75, 3.05) is 13.1 Å². The second-order valence-corrected chi connectivity index (χ2v) is 7.20. The first-order valence-electron chi connectivity index (χ1n) is 10.0. The molecule has 1 aliphatic heterocycles. The van der Waals surface area contributed by atoms with Crippen LogP contribution in [0.15, 0.2) is 54.6 Å². The second-order valence-electron chi connectivity index (χ2n) is 7.20. The fourth-order valence-corrected chi connectivity index (χ4v) is 3.43. The molecule has 1 N–H and O–H groups in total. The van der Waals surface area contributed by atoms with Gasteiger partial charge in [0.05, 0.1) is 0 Å². The highest BCUT2D eigenvalue weighted by atomic mass is 16.5. The Kier molecular flexibility index (Phi) is 7.28. The average molecular weight is 367 g/mol. The number of hydrogen-bond acceptors (Lipinski definition) is 3. The van der Waals surface area contributed by atoms with Gasteiger partial charge in [-0.1, -0.05) is 55.8 Å². The number of rotatable bonds is 8. The molecule has 27 heavy (non-hydrogen) atoms. The summed E-state index contributed by atoms with van der Waals surface area (Å²) in [6.07, 6.45) is 4.16. The molecule has 4 nitrogen and oxygen atoms in total. The van der Waals surface area contributed by atoms with Crippen molar-refractivity contribution in [1.29, 1.82) is 0 Å². The van der Waals surface area contributed by atoms with Crippen molar-refractivity contribution in [2.45, 2.75) is 51.8 Å². The van der Waals surface area contributed by atoms with Gasteiger partial charge >= 0.3 is 0 Å². The number of amides is 1. The van der Waals surface area contributed by atoms with Gasteiger partial charge in [0.25, 0.3) is 5.91 Å². The molecule has 0 bridgehead atoms. The van der Waals surface area contributed by atoms with Crippen LogP contribution >= 0.6 is 0 Å². The largest absolute Gasteiger partial charge is 0.481 e. The van der Waals surface area contributed by atoms with Gasteiger partial charge in [-0.3, -0.25) is 9.69 Å². The number of hydrogen-bond donors (Lipinski definition) is 1. The van der Waals surface area contributed by atoms with Crippen molar-refractivity contribution in [3.05, 3.63) is 65.7 Å². The van der Waals surface area contributed by atoms with E-state index in [4.69, 9.17) is 4.74 Å². The van der Waals surface area contributed by atoms with Crippen LogP contribution in [-0.2, 0) is 17.9 Å². The van der Waals surface area contributed by atoms with Crippen molar-refractivity contribution < 1.29 is 9.53 Å². The lowest BCUT2D eigenvalue weighted by Gasteiger charge is -2.26. The zero-order chi connectivity index (χ0) is 18.9. The Morgan fingerprint density at radius 1 is 1.00 bits per heavy atom. The summed E-state index contributed by atoms with van der Waals surface area (Å²) in [5, 5.41) is 3.00. The Balaban J connectivity index is 1.47. The van der Waals surface area contributed by atoms with Gasteiger partial charge in [-0.05, 0) is 55.6 Å². The fraction of sp³-hybridized carbons (Fsp3) is 0.435. The number of carbonyl (C=O) groups is 1. The molecule has 3 rings (SSSR count). The van der Waals surface area contributed by atoms with E-state index in [1.165, 1.54) is 37.9 Å². The van der Waals surface area contributed by atoms with E-state index in [0.29, 0.717) is 13.0 Å². The van der Waals surface area contributed by atoms with Gasteiger partial charge in [0, 0.05) is 13.1 Å². The molecule has 1 heterocycles. The van der Waals surface area contributed by atoms with Gasteiger partial charge < -0.3 is 10.1 Å². The molecular weight excluding hydrogens is 336 g/mol. The summed E-state index contributed by atoms with van der Waals surface area (Å²) >= 11 is 0. The standard InChI is InChI=1S/C23H30N2O2/c1-2-22(27-21-9-5-3-6-10-21)23(26)24-17-19-11-13-20(14-12-19)18-25-15-7-4-8-16-25/h3,5-6,9-14,22H,2,4,7-8,15-18H2,1H3,(H,24,26). The molecule has 0 radical (unpaired) electrons. The molecule has 1 saturated heterocycles. The van der Waals surface area contributed by atoms with Crippen LogP contribution in [0.4, 0.5) is 0 Å². The monoisotopic (exact) mass is 366 g/mol. The lowest BCUT2D eigenvalue weighted by molar-refractivity contribution is -0.128. The third kappa shape index (κ3) is 6.10. The maximum Gasteiger partial charge on any atom is 0.261 e. The number of likely N-dealkylation sites (tertiary alicyclic amines) is 1. The number of nitrogens with one attached hydrogen (secondary N) is 1. The predicted molar refractivity (Wildman–Crippen MR) is 109 cm³/mol. The first-order valence-corrected chi connectivity index (χ1v) is 10.0. The summed E-state index contributed by atoms with van der Waals surface area (Å²) in [4.78, 5) is 15.0. The minimum Gasteiger partial charge on any atom is -0.481 e. The SMILES string of the molecule is CCC(Oc1ccccc1)C(=O)NCc1ccc(CN2CCCCC2)cc1. The number of nitrogens with zero attached hydrogens (tertiary/aromatic N) is 1. The van der Waals surface area contributed by atoms with Crippen LogP contribution in [0.5, 0.6) is 5.75 Å². The van der Waals surface area contributed by atoms with E-state index in [-0.39, 0.29) is 5.91 Å². The molecule has 0 aromatic heterocycles. The van der Waals surface area contributed by atoms with E-state index >= 15 is 0 Å². The lowest BCUT2D eigenvalue weighted by atomic mass is 10.1. The highest BCUT2D eigenvalue weighted by molar-refractivity contribution is 5.81. The molecule has 1 unspecified atom stereocenters. The lowest BCUT2D eigenvalue weighted by Crippen LogP contribution is -2.37. The van der Waals surface area contributed by atoms with Crippen LogP contribution in [0.3, 0.4) is 0 Å². The van der Waals surface area contributed by atoms with Gasteiger partial charge in [0.15, 0.2) is 6.10 Å². The zero-order valence-electron chi connectivity index (χ0n) is 16.2. The van der Waals surface area contributed by atoms with Crippen molar-refractivity contribution in [3.8, 4) is 5.75 Å². The van der Waals surface area contributed by atoms with E-state index in [0.717, 1.165) is 17.9 Å². The Labute approximate surface area is 162 Å². The maximum absolute atomic E-state index is 12.4. The quantitative estimate of drug-likeness (QED) is 0.763. The molecule has 0 saturated carbocycles. The third-order valence-corrected chi connectivity index (χ3v) is 5.03. The smallest absolute Gasteiger partial charge is 0.261 e. The topological polar surface area (TPSA) is 41.6 Å². The van der Waals surface area contributed by atoms with Gasteiger partial charge in [-0.2, -0.15) is 0 Å². The van der Waals surface area contributed by atoms with Gasteiger partial charge in [-0.15, -0.1) is 0 Å². The third-order valence-electron chi connectivity index (χ3n) is 5.03. The van der Waals surface area contributed by atoms with Crippen molar-refractivity contribution >= 4 is 5.91 Å². The summed E-state index contributed by atoms with van der Waals surface area (Å²) in [5.41, 5.74) is 2.45. The minimum atomic E-state index is -0.467. The summed E-state index contributed by atoms with van der Waals surface area (Å²) in [6, 6.07) is 18.1. The number of benzene rings is 2. The molecule has 1 amide bonds. The van der Waals surface area contributed by atoms with E-state index in [2.05, 4.69) is 34.5 Å². The van der Waals surface area contributed by atoms with Crippen LogP contribution in [0.2, 0.25) is 0 Å². The molecule has 2 aromatic rings. The van der Waals surface area contributed by atoms with Gasteiger partial charge in [0.2, 0.25) is 0 Å². The average Bonchev–Trinajstić information content (AvgIpc) is 2.73. The molecule has 4 heteroatoms. The summed E-state index contributed by atoms with van der Waals surface area (Å²) < 4.78 is 5.80. The maximum atomic E-state index is 12.4. The van der Waals surface area contributed by atoms with Crippen LogP contribution < -0.4 is 10.1 Å². The highest BCUT2D eigenvalue weighted by Gasteiger charge is 2.18. The molecule has 1 atom stereocenters. The van der Waals surface area contributed by atoms with Crippen LogP contribution in [0, 0.1) is 0 Å². The summed E-state index contributed by atoms with van der Waals surface area (Å²) in [7, 11) is 0. The molecule has 144 valence electrons. The number of carbonyl (C=O) groups excluding carboxylic acids is 1. The van der Waals surface area contributed by atoms with Gasteiger partial charge in [-0.25, -0.2) is 0 Å². The predicted octanol–water partition coefficient (Wildman–Crippen LogP) is 4.15. The van der Waals surface area contributed by atoms with Crippen LogP contribution in [0.25, 0.3) is 0 Å². The van der Waals surface area contributed by atoms with Crippen molar-refractivity contribution in [1.82, 2.24) is 10.2 Å². The number of piperidine rings is 1. The highest BCUT2D eigenvalue weighted by Crippen LogP contribution is 2.15. The van der Waals surface area contributed by atoms with E-state index in [1.807, 2.05) is 37.3 Å². The number of para-hydroxylation sites is 1.